The van der Waals surface area contributed by atoms with Gasteiger partial charge in [-0.3, -0.25) is 9.48 Å². The fourth-order valence-corrected chi connectivity index (χ4v) is 3.50. The maximum absolute atomic E-state index is 12.6. The van der Waals surface area contributed by atoms with E-state index in [1.807, 2.05) is 0 Å². The minimum Gasteiger partial charge on any atom is -0.478 e. The van der Waals surface area contributed by atoms with E-state index in [1.54, 1.807) is 34.7 Å². The Bertz CT molecular complexity index is 861. The van der Waals surface area contributed by atoms with Crippen molar-refractivity contribution in [3.63, 3.8) is 0 Å². The second-order valence-electron chi connectivity index (χ2n) is 6.67. The molecule has 2 aromatic rings. The summed E-state index contributed by atoms with van der Waals surface area (Å²) in [5.41, 5.74) is 1.19. The highest BCUT2D eigenvalue weighted by Crippen LogP contribution is 2.26. The number of hydrogen-bond donors (Lipinski definition) is 1. The molecule has 2 heterocycles. The first-order chi connectivity index (χ1) is 13.4. The van der Waals surface area contributed by atoms with E-state index >= 15 is 0 Å². The van der Waals surface area contributed by atoms with Crippen molar-refractivity contribution in [2.75, 3.05) is 13.1 Å². The zero-order chi connectivity index (χ0) is 20.3. The number of aromatic nitrogens is 2. The number of nitrogens with zero attached hydrogens (tertiary/aromatic N) is 3. The van der Waals surface area contributed by atoms with E-state index in [0.717, 1.165) is 0 Å². The van der Waals surface area contributed by atoms with Crippen molar-refractivity contribution in [3.8, 4) is 5.75 Å². The van der Waals surface area contributed by atoms with Gasteiger partial charge >= 0.3 is 12.6 Å². The van der Waals surface area contributed by atoms with Crippen LogP contribution in [0.2, 0.25) is 0 Å². The standard InChI is InChI=1S/C19H21F2N3O4/c1-12-15(18(26)27)11-22-24(12)14-6-8-23(9-7-14)17(25)10-13-4-2-3-5-16(13)28-19(20)21/h2-5,11,14,19H,6-10H2,1H3,(H,26,27). The van der Waals surface area contributed by atoms with Crippen LogP contribution in [0, 0.1) is 6.92 Å². The zero-order valence-electron chi connectivity index (χ0n) is 15.3. The third kappa shape index (κ3) is 4.29. The first kappa shape index (κ1) is 19.8. The van der Waals surface area contributed by atoms with Crippen LogP contribution >= 0.6 is 0 Å². The monoisotopic (exact) mass is 393 g/mol. The molecular weight excluding hydrogens is 372 g/mol. The van der Waals surface area contributed by atoms with Crippen molar-refractivity contribution in [2.24, 2.45) is 0 Å². The van der Waals surface area contributed by atoms with Gasteiger partial charge in [-0.1, -0.05) is 18.2 Å². The number of piperidine rings is 1. The first-order valence-corrected chi connectivity index (χ1v) is 8.94. The van der Waals surface area contributed by atoms with Gasteiger partial charge in [-0.25, -0.2) is 4.79 Å². The van der Waals surface area contributed by atoms with Gasteiger partial charge in [0.1, 0.15) is 11.3 Å². The Hall–Kier alpha value is -2.97. The molecule has 0 unspecified atom stereocenters. The van der Waals surface area contributed by atoms with E-state index in [2.05, 4.69) is 9.84 Å². The molecule has 1 saturated heterocycles. The molecule has 1 fully saturated rings. The maximum Gasteiger partial charge on any atom is 0.387 e. The van der Waals surface area contributed by atoms with Gasteiger partial charge in [0, 0.05) is 18.7 Å². The van der Waals surface area contributed by atoms with Crippen LogP contribution < -0.4 is 4.74 Å². The van der Waals surface area contributed by atoms with Crippen molar-refractivity contribution in [1.82, 2.24) is 14.7 Å². The van der Waals surface area contributed by atoms with Crippen LogP contribution in [0.5, 0.6) is 5.75 Å². The van der Waals surface area contributed by atoms with Gasteiger partial charge in [0.05, 0.1) is 24.4 Å². The second kappa shape index (κ2) is 8.37. The molecule has 1 aromatic carbocycles. The van der Waals surface area contributed by atoms with Crippen molar-refractivity contribution in [1.29, 1.82) is 0 Å². The molecule has 3 rings (SSSR count). The summed E-state index contributed by atoms with van der Waals surface area (Å²) in [6.45, 7) is -0.250. The number of carbonyl (C=O) groups excluding carboxylic acids is 1. The summed E-state index contributed by atoms with van der Waals surface area (Å²) in [7, 11) is 0. The summed E-state index contributed by atoms with van der Waals surface area (Å²) in [5.74, 6) is -1.16. The number of carbonyl (C=O) groups is 2. The molecule has 7 nitrogen and oxygen atoms in total. The number of alkyl halides is 2. The number of amides is 1. The van der Waals surface area contributed by atoms with Gasteiger partial charge in [0.2, 0.25) is 5.91 Å². The highest BCUT2D eigenvalue weighted by molar-refractivity contribution is 5.88. The van der Waals surface area contributed by atoms with Crippen molar-refractivity contribution in [3.05, 3.63) is 47.3 Å². The SMILES string of the molecule is Cc1c(C(=O)O)cnn1C1CCN(C(=O)Cc2ccccc2OC(F)F)CC1. The summed E-state index contributed by atoms with van der Waals surface area (Å²) in [6, 6.07) is 6.29. The van der Waals surface area contributed by atoms with Crippen LogP contribution in [0.15, 0.2) is 30.5 Å². The van der Waals surface area contributed by atoms with Gasteiger partial charge in [-0.2, -0.15) is 13.9 Å². The maximum atomic E-state index is 12.6. The summed E-state index contributed by atoms with van der Waals surface area (Å²) < 4.78 is 31.2. The Morgan fingerprint density at radius 2 is 1.96 bits per heavy atom. The predicted octanol–water partition coefficient (Wildman–Crippen LogP) is 2.90. The van der Waals surface area contributed by atoms with Gasteiger partial charge in [0.25, 0.3) is 0 Å². The topological polar surface area (TPSA) is 84.7 Å². The lowest BCUT2D eigenvalue weighted by atomic mass is 10.0. The highest BCUT2D eigenvalue weighted by atomic mass is 19.3. The van der Waals surface area contributed by atoms with E-state index in [1.165, 1.54) is 12.3 Å². The second-order valence-corrected chi connectivity index (χ2v) is 6.67. The number of carboxylic acid groups (broad SMARTS) is 1. The molecule has 0 bridgehead atoms. The first-order valence-electron chi connectivity index (χ1n) is 8.94. The van der Waals surface area contributed by atoms with Crippen LogP contribution in [-0.4, -0.2) is 51.4 Å². The summed E-state index contributed by atoms with van der Waals surface area (Å²) in [4.78, 5) is 25.4. The molecule has 0 radical (unpaired) electrons. The van der Waals surface area contributed by atoms with Crippen molar-refractivity contribution >= 4 is 11.9 Å². The molecule has 150 valence electrons. The Morgan fingerprint density at radius 1 is 1.29 bits per heavy atom. The quantitative estimate of drug-likeness (QED) is 0.816. The minimum absolute atomic E-state index is 0.00843. The average Bonchev–Trinajstić information content (AvgIpc) is 3.04. The van der Waals surface area contributed by atoms with Crippen LogP contribution in [0.3, 0.4) is 0 Å². The number of hydrogen-bond acceptors (Lipinski definition) is 4. The van der Waals surface area contributed by atoms with E-state index < -0.39 is 12.6 Å². The number of benzene rings is 1. The van der Waals surface area contributed by atoms with Crippen LogP contribution in [0.4, 0.5) is 8.78 Å². The zero-order valence-corrected chi connectivity index (χ0v) is 15.3. The van der Waals surface area contributed by atoms with Gasteiger partial charge in [-0.15, -0.1) is 0 Å². The number of aromatic carboxylic acids is 1. The van der Waals surface area contributed by atoms with Crippen LogP contribution in [0.25, 0.3) is 0 Å². The Kier molecular flexibility index (Phi) is 5.91. The molecule has 1 aliphatic heterocycles. The summed E-state index contributed by atoms with van der Waals surface area (Å²) in [5, 5.41) is 13.3. The average molecular weight is 393 g/mol. The largest absolute Gasteiger partial charge is 0.478 e. The van der Waals surface area contributed by atoms with E-state index in [9.17, 15) is 18.4 Å². The molecular formula is C19H21F2N3O4. The fraction of sp³-hybridized carbons (Fsp3) is 0.421. The Morgan fingerprint density at radius 3 is 2.57 bits per heavy atom. The summed E-state index contributed by atoms with van der Waals surface area (Å²) in [6.07, 6.45) is 2.61. The molecule has 1 amide bonds. The van der Waals surface area contributed by atoms with Crippen molar-refractivity contribution < 1.29 is 28.2 Å². The van der Waals surface area contributed by atoms with Crippen molar-refractivity contribution in [2.45, 2.75) is 38.8 Å². The van der Waals surface area contributed by atoms with Crippen LogP contribution in [0.1, 0.15) is 40.5 Å². The van der Waals surface area contributed by atoms with Crippen LogP contribution in [-0.2, 0) is 11.2 Å². The molecule has 1 aromatic heterocycles. The van der Waals surface area contributed by atoms with Gasteiger partial charge in [-0.05, 0) is 25.8 Å². The lowest BCUT2D eigenvalue weighted by Crippen LogP contribution is -2.40. The lowest BCUT2D eigenvalue weighted by Gasteiger charge is -2.33. The molecule has 1 aliphatic rings. The number of carboxylic acids is 1. The molecule has 0 spiro atoms. The number of ether oxygens (including phenoxy) is 1. The number of rotatable bonds is 6. The third-order valence-electron chi connectivity index (χ3n) is 4.97. The Labute approximate surface area is 160 Å². The van der Waals surface area contributed by atoms with E-state index in [-0.39, 0.29) is 29.7 Å². The Balaban J connectivity index is 1.61. The fourth-order valence-electron chi connectivity index (χ4n) is 3.50. The third-order valence-corrected chi connectivity index (χ3v) is 4.97. The van der Waals surface area contributed by atoms with Gasteiger partial charge < -0.3 is 14.7 Å². The number of para-hydroxylation sites is 1. The molecule has 0 aliphatic carbocycles. The van der Waals surface area contributed by atoms with E-state index in [4.69, 9.17) is 5.11 Å². The van der Waals surface area contributed by atoms with Gasteiger partial charge in [0.15, 0.2) is 0 Å². The number of likely N-dealkylation sites (tertiary alicyclic amines) is 1. The molecule has 9 heteroatoms. The molecule has 0 saturated carbocycles. The minimum atomic E-state index is -2.94. The van der Waals surface area contributed by atoms with E-state index in [0.29, 0.717) is 37.2 Å². The predicted molar refractivity (Wildman–Crippen MR) is 95.6 cm³/mol. The molecule has 1 N–H and O–H groups in total. The smallest absolute Gasteiger partial charge is 0.387 e. The lowest BCUT2D eigenvalue weighted by molar-refractivity contribution is -0.131. The molecule has 28 heavy (non-hydrogen) atoms. The highest BCUT2D eigenvalue weighted by Gasteiger charge is 2.27. The normalized spacial score (nSPS) is 15.1. The molecule has 0 atom stereocenters. The summed E-state index contributed by atoms with van der Waals surface area (Å²) >= 11 is 0. The number of halogens is 2.